The first kappa shape index (κ1) is 18.4. The van der Waals surface area contributed by atoms with E-state index < -0.39 is 0 Å². The van der Waals surface area contributed by atoms with Gasteiger partial charge in [0.1, 0.15) is 5.78 Å². The lowest BCUT2D eigenvalue weighted by Gasteiger charge is -2.51. The maximum absolute atomic E-state index is 12.8. The molecule has 0 bridgehead atoms. The summed E-state index contributed by atoms with van der Waals surface area (Å²) in [6, 6.07) is 0. The smallest absolute Gasteiger partial charge is 0.140 e. The second kappa shape index (κ2) is 7.06. The Morgan fingerprint density at radius 2 is 2.10 bits per heavy atom. The van der Waals surface area contributed by atoms with Crippen molar-refractivity contribution in [2.75, 3.05) is 13.7 Å². The van der Waals surface area contributed by atoms with Crippen LogP contribution in [0.4, 0.5) is 0 Å². The molecule has 4 unspecified atom stereocenters. The number of rotatable bonds is 6. The van der Waals surface area contributed by atoms with Crippen LogP contribution in [-0.2, 0) is 9.53 Å². The number of ketones is 1. The van der Waals surface area contributed by atoms with Crippen LogP contribution in [0.1, 0.15) is 53.4 Å². The van der Waals surface area contributed by atoms with Crippen molar-refractivity contribution >= 4 is 31.0 Å². The van der Waals surface area contributed by atoms with Crippen molar-refractivity contribution in [3.8, 4) is 0 Å². The number of hydrogen-bond acceptors (Lipinski definition) is 4. The Hall–Kier alpha value is 0.330. The van der Waals surface area contributed by atoms with E-state index in [0.717, 1.165) is 19.3 Å². The summed E-state index contributed by atoms with van der Waals surface area (Å²) in [5, 5.41) is 0.176. The summed E-state index contributed by atoms with van der Waals surface area (Å²) in [7, 11) is 1.69. The Labute approximate surface area is 135 Å². The molecule has 4 atom stereocenters. The molecule has 2 nitrogen and oxygen atoms in total. The summed E-state index contributed by atoms with van der Waals surface area (Å²) in [6.45, 7) is 9.16. The van der Waals surface area contributed by atoms with E-state index in [2.05, 4.69) is 40.3 Å². The van der Waals surface area contributed by atoms with E-state index in [0.29, 0.717) is 24.7 Å². The molecule has 1 saturated carbocycles. The Kier molecular flexibility index (Phi) is 6.49. The third-order valence-electron chi connectivity index (χ3n) is 4.98. The predicted octanol–water partition coefficient (Wildman–Crippen LogP) is 4.04. The van der Waals surface area contributed by atoms with E-state index in [4.69, 9.17) is 17.4 Å². The predicted molar refractivity (Wildman–Crippen MR) is 92.0 cm³/mol. The SMILES string of the molecule is COCC(S)CC(C)C1(C(C)(C)S)CCC(C)CC1=O. The number of ether oxygens (including phenoxy) is 1. The minimum absolute atomic E-state index is 0.176. The Balaban J connectivity index is 2.98. The van der Waals surface area contributed by atoms with Crippen molar-refractivity contribution in [2.24, 2.45) is 17.3 Å². The fraction of sp³-hybridized carbons (Fsp3) is 0.938. The molecular formula is C16H30O2S2. The first-order valence-corrected chi connectivity index (χ1v) is 8.54. The van der Waals surface area contributed by atoms with E-state index in [1.54, 1.807) is 7.11 Å². The molecule has 0 aliphatic heterocycles. The maximum Gasteiger partial charge on any atom is 0.140 e. The van der Waals surface area contributed by atoms with Gasteiger partial charge in [0, 0.05) is 28.9 Å². The summed E-state index contributed by atoms with van der Waals surface area (Å²) in [6.07, 6.45) is 3.64. The summed E-state index contributed by atoms with van der Waals surface area (Å²) < 4.78 is 4.87. The van der Waals surface area contributed by atoms with Crippen LogP contribution in [0.5, 0.6) is 0 Å². The molecule has 1 rings (SSSR count). The van der Waals surface area contributed by atoms with Crippen molar-refractivity contribution in [1.82, 2.24) is 0 Å². The van der Waals surface area contributed by atoms with Crippen molar-refractivity contribution in [1.29, 1.82) is 0 Å². The van der Waals surface area contributed by atoms with Crippen molar-refractivity contribution in [3.63, 3.8) is 0 Å². The molecule has 118 valence electrons. The van der Waals surface area contributed by atoms with Gasteiger partial charge in [-0.3, -0.25) is 4.79 Å². The van der Waals surface area contributed by atoms with Crippen LogP contribution in [0.15, 0.2) is 0 Å². The molecule has 0 amide bonds. The normalized spacial score (nSPS) is 31.1. The lowest BCUT2D eigenvalue weighted by Crippen LogP contribution is -2.53. The van der Waals surface area contributed by atoms with Gasteiger partial charge in [0.2, 0.25) is 0 Å². The summed E-state index contributed by atoms with van der Waals surface area (Å²) in [5.41, 5.74) is -0.336. The van der Waals surface area contributed by atoms with Gasteiger partial charge in [0.25, 0.3) is 0 Å². The lowest BCUT2D eigenvalue weighted by atomic mass is 9.57. The fourth-order valence-electron chi connectivity index (χ4n) is 3.86. The molecule has 0 N–H and O–H groups in total. The molecule has 0 spiro atoms. The van der Waals surface area contributed by atoms with Crippen LogP contribution < -0.4 is 0 Å². The zero-order valence-corrected chi connectivity index (χ0v) is 15.3. The van der Waals surface area contributed by atoms with Crippen LogP contribution in [-0.4, -0.2) is 29.5 Å². The van der Waals surface area contributed by atoms with Gasteiger partial charge in [-0.05, 0) is 44.9 Å². The Morgan fingerprint density at radius 3 is 2.55 bits per heavy atom. The first-order valence-electron chi connectivity index (χ1n) is 7.57. The van der Waals surface area contributed by atoms with Crippen LogP contribution in [0.3, 0.4) is 0 Å². The minimum Gasteiger partial charge on any atom is -0.384 e. The van der Waals surface area contributed by atoms with Gasteiger partial charge in [0.05, 0.1) is 6.61 Å². The molecular weight excluding hydrogens is 288 g/mol. The summed E-state index contributed by atoms with van der Waals surface area (Å²) in [4.78, 5) is 12.8. The summed E-state index contributed by atoms with van der Waals surface area (Å²) >= 11 is 9.40. The third kappa shape index (κ3) is 3.75. The second-order valence-corrected chi connectivity index (χ2v) is 8.90. The van der Waals surface area contributed by atoms with Gasteiger partial charge < -0.3 is 4.74 Å². The maximum atomic E-state index is 12.8. The molecule has 0 saturated heterocycles. The highest BCUT2D eigenvalue weighted by molar-refractivity contribution is 7.81. The van der Waals surface area contributed by atoms with E-state index in [1.807, 2.05) is 0 Å². The van der Waals surface area contributed by atoms with Gasteiger partial charge in [-0.2, -0.15) is 25.3 Å². The molecule has 0 heterocycles. The van der Waals surface area contributed by atoms with Gasteiger partial charge in [-0.25, -0.2) is 0 Å². The van der Waals surface area contributed by atoms with Gasteiger partial charge in [-0.15, -0.1) is 0 Å². The van der Waals surface area contributed by atoms with E-state index in [1.165, 1.54) is 0 Å². The average Bonchev–Trinajstić information content (AvgIpc) is 2.27. The Morgan fingerprint density at radius 1 is 1.50 bits per heavy atom. The van der Waals surface area contributed by atoms with Crippen molar-refractivity contribution in [3.05, 3.63) is 0 Å². The number of thiol groups is 2. The largest absolute Gasteiger partial charge is 0.384 e. The van der Waals surface area contributed by atoms with E-state index in [9.17, 15) is 4.79 Å². The monoisotopic (exact) mass is 318 g/mol. The number of carbonyl (C=O) groups excluding carboxylic acids is 1. The van der Waals surface area contributed by atoms with Crippen LogP contribution in [0.2, 0.25) is 0 Å². The highest BCUT2D eigenvalue weighted by atomic mass is 32.1. The molecule has 0 aromatic rings. The molecule has 1 aliphatic rings. The highest BCUT2D eigenvalue weighted by Gasteiger charge is 2.53. The number of methoxy groups -OCH3 is 1. The molecule has 4 heteroatoms. The molecule has 20 heavy (non-hydrogen) atoms. The van der Waals surface area contributed by atoms with Crippen LogP contribution >= 0.6 is 25.3 Å². The highest BCUT2D eigenvalue weighted by Crippen LogP contribution is 2.53. The molecule has 0 radical (unpaired) electrons. The molecule has 1 aliphatic carbocycles. The molecule has 0 aromatic carbocycles. The number of carbonyl (C=O) groups is 1. The zero-order chi connectivity index (χ0) is 15.6. The second-order valence-electron chi connectivity index (χ2n) is 7.05. The Bertz CT molecular complexity index is 338. The molecule has 1 fully saturated rings. The van der Waals surface area contributed by atoms with Crippen LogP contribution in [0.25, 0.3) is 0 Å². The number of Topliss-reactive ketones (excluding diaryl/α,β-unsaturated/α-hetero) is 1. The van der Waals surface area contributed by atoms with Gasteiger partial charge in [0.15, 0.2) is 0 Å². The topological polar surface area (TPSA) is 26.3 Å². The van der Waals surface area contributed by atoms with E-state index in [-0.39, 0.29) is 21.3 Å². The van der Waals surface area contributed by atoms with Crippen LogP contribution in [0, 0.1) is 17.3 Å². The lowest BCUT2D eigenvalue weighted by molar-refractivity contribution is -0.138. The van der Waals surface area contributed by atoms with E-state index >= 15 is 0 Å². The fourth-order valence-corrected chi connectivity index (χ4v) is 4.78. The van der Waals surface area contributed by atoms with Gasteiger partial charge >= 0.3 is 0 Å². The minimum atomic E-state index is -0.336. The van der Waals surface area contributed by atoms with Gasteiger partial charge in [-0.1, -0.05) is 13.8 Å². The van der Waals surface area contributed by atoms with Crippen molar-refractivity contribution < 1.29 is 9.53 Å². The molecule has 0 aromatic heterocycles. The summed E-state index contributed by atoms with van der Waals surface area (Å²) in [5.74, 6) is 1.17. The zero-order valence-electron chi connectivity index (χ0n) is 13.5. The first-order chi connectivity index (χ1) is 9.15. The average molecular weight is 319 g/mol. The standard InChI is InChI=1S/C16H30O2S2/c1-11-6-7-16(14(17)8-11,15(3,4)20)12(2)9-13(19)10-18-5/h11-13,19-20H,6-10H2,1-5H3. The number of hydrogen-bond donors (Lipinski definition) is 2. The quantitative estimate of drug-likeness (QED) is 0.723. The third-order valence-corrected chi connectivity index (χ3v) is 5.74. The van der Waals surface area contributed by atoms with Crippen molar-refractivity contribution in [2.45, 2.75) is 63.4 Å².